The molecule has 0 atom stereocenters. The number of hydrogen-bond acceptors (Lipinski definition) is 6. The average Bonchev–Trinajstić information content (AvgIpc) is 2.99. The molecular weight excluding hydrogens is 318 g/mol. The number of benzene rings is 1. The minimum atomic E-state index is 0.361. The van der Waals surface area contributed by atoms with E-state index >= 15 is 0 Å². The van der Waals surface area contributed by atoms with Gasteiger partial charge >= 0.3 is 0 Å². The molecule has 2 rings (SSSR count). The van der Waals surface area contributed by atoms with Crippen LogP contribution in [0.5, 0.6) is 11.5 Å². The van der Waals surface area contributed by atoms with Crippen LogP contribution >= 0.6 is 11.6 Å². The maximum atomic E-state index is 6.28. The third-order valence-corrected chi connectivity index (χ3v) is 3.33. The van der Waals surface area contributed by atoms with E-state index in [2.05, 4.69) is 34.3 Å². The molecule has 8 heteroatoms. The van der Waals surface area contributed by atoms with Gasteiger partial charge in [-0.1, -0.05) is 36.3 Å². The van der Waals surface area contributed by atoms with Gasteiger partial charge in [0, 0.05) is 13.1 Å². The second-order valence-electron chi connectivity index (χ2n) is 4.79. The highest BCUT2D eigenvalue weighted by atomic mass is 35.5. The quantitative estimate of drug-likeness (QED) is 0.709. The van der Waals surface area contributed by atoms with Gasteiger partial charge in [-0.05, 0) is 34.5 Å². The number of methoxy groups -OCH3 is 1. The lowest BCUT2D eigenvalue weighted by Crippen LogP contribution is -2.09. The average molecular weight is 338 g/mol. The molecule has 0 radical (unpaired) electrons. The van der Waals surface area contributed by atoms with E-state index in [1.807, 2.05) is 12.1 Å². The molecule has 0 saturated carbocycles. The highest BCUT2D eigenvalue weighted by Crippen LogP contribution is 2.36. The summed E-state index contributed by atoms with van der Waals surface area (Å²) in [7, 11) is 1.57. The number of rotatable bonds is 9. The zero-order chi connectivity index (χ0) is 16.7. The SMILES string of the molecule is C=CCOc1c(Cl)cc(CNc2nnnn2CCC)cc1OC. The number of nitrogens with one attached hydrogen (secondary N) is 1. The highest BCUT2D eigenvalue weighted by molar-refractivity contribution is 6.32. The van der Waals surface area contributed by atoms with Crippen LogP contribution < -0.4 is 14.8 Å². The Morgan fingerprint density at radius 1 is 1.43 bits per heavy atom. The van der Waals surface area contributed by atoms with Gasteiger partial charge in [0.25, 0.3) is 0 Å². The van der Waals surface area contributed by atoms with Crippen LogP contribution in [0.2, 0.25) is 5.02 Å². The van der Waals surface area contributed by atoms with E-state index < -0.39 is 0 Å². The van der Waals surface area contributed by atoms with Crippen LogP contribution in [0.1, 0.15) is 18.9 Å². The molecule has 0 aliphatic rings. The lowest BCUT2D eigenvalue weighted by Gasteiger charge is -2.13. The second kappa shape index (κ2) is 8.38. The monoisotopic (exact) mass is 337 g/mol. The van der Waals surface area contributed by atoms with Crippen LogP contribution in [-0.2, 0) is 13.1 Å². The second-order valence-corrected chi connectivity index (χ2v) is 5.20. The van der Waals surface area contributed by atoms with Crippen LogP contribution in [0, 0.1) is 0 Å². The fraction of sp³-hybridized carbons (Fsp3) is 0.400. The van der Waals surface area contributed by atoms with Crippen molar-refractivity contribution in [3.05, 3.63) is 35.4 Å². The number of aromatic nitrogens is 4. The fourth-order valence-electron chi connectivity index (χ4n) is 2.03. The topological polar surface area (TPSA) is 74.1 Å². The van der Waals surface area contributed by atoms with Crippen molar-refractivity contribution in [2.75, 3.05) is 19.0 Å². The van der Waals surface area contributed by atoms with Gasteiger partial charge in [-0.2, -0.15) is 0 Å². The predicted molar refractivity (Wildman–Crippen MR) is 89.1 cm³/mol. The molecule has 23 heavy (non-hydrogen) atoms. The summed E-state index contributed by atoms with van der Waals surface area (Å²) in [4.78, 5) is 0. The number of aryl methyl sites for hydroxylation is 1. The van der Waals surface area contributed by atoms with E-state index in [4.69, 9.17) is 21.1 Å². The van der Waals surface area contributed by atoms with Crippen molar-refractivity contribution >= 4 is 17.5 Å². The van der Waals surface area contributed by atoms with Crippen molar-refractivity contribution in [1.82, 2.24) is 20.2 Å². The minimum Gasteiger partial charge on any atom is -0.493 e. The number of ether oxygens (including phenoxy) is 2. The lowest BCUT2D eigenvalue weighted by atomic mass is 10.2. The van der Waals surface area contributed by atoms with Crippen molar-refractivity contribution in [2.45, 2.75) is 26.4 Å². The van der Waals surface area contributed by atoms with E-state index in [1.165, 1.54) is 0 Å². The maximum absolute atomic E-state index is 6.28. The number of tetrazole rings is 1. The molecule has 0 spiro atoms. The third-order valence-electron chi connectivity index (χ3n) is 3.05. The van der Waals surface area contributed by atoms with Crippen molar-refractivity contribution in [3.63, 3.8) is 0 Å². The Morgan fingerprint density at radius 3 is 2.96 bits per heavy atom. The van der Waals surface area contributed by atoms with Gasteiger partial charge in [0.15, 0.2) is 11.5 Å². The largest absolute Gasteiger partial charge is 0.493 e. The first-order valence-corrected chi connectivity index (χ1v) is 7.67. The molecule has 1 N–H and O–H groups in total. The van der Waals surface area contributed by atoms with Crippen LogP contribution in [0.3, 0.4) is 0 Å². The normalized spacial score (nSPS) is 10.4. The third kappa shape index (κ3) is 4.35. The first-order valence-electron chi connectivity index (χ1n) is 7.29. The van der Waals surface area contributed by atoms with Gasteiger partial charge in [-0.3, -0.25) is 0 Å². The maximum Gasteiger partial charge on any atom is 0.243 e. The summed E-state index contributed by atoms with van der Waals surface area (Å²) in [5.74, 6) is 1.70. The molecule has 0 bridgehead atoms. The molecule has 0 saturated heterocycles. The smallest absolute Gasteiger partial charge is 0.243 e. The van der Waals surface area contributed by atoms with Gasteiger partial charge in [0.2, 0.25) is 5.95 Å². The van der Waals surface area contributed by atoms with Gasteiger partial charge in [-0.15, -0.1) is 0 Å². The van der Waals surface area contributed by atoms with E-state index in [9.17, 15) is 0 Å². The summed E-state index contributed by atoms with van der Waals surface area (Å²) < 4.78 is 12.6. The summed E-state index contributed by atoms with van der Waals surface area (Å²) in [6.45, 7) is 7.32. The Morgan fingerprint density at radius 2 is 2.26 bits per heavy atom. The minimum absolute atomic E-state index is 0.361. The van der Waals surface area contributed by atoms with Gasteiger partial charge in [0.05, 0.1) is 12.1 Å². The van der Waals surface area contributed by atoms with Crippen LogP contribution in [0.25, 0.3) is 0 Å². The molecule has 7 nitrogen and oxygen atoms in total. The molecular formula is C15H20ClN5O2. The Kier molecular flexibility index (Phi) is 6.22. The van der Waals surface area contributed by atoms with Crippen molar-refractivity contribution in [1.29, 1.82) is 0 Å². The van der Waals surface area contributed by atoms with Crippen molar-refractivity contribution in [3.8, 4) is 11.5 Å². The molecule has 0 unspecified atom stereocenters. The standard InChI is InChI=1S/C15H20ClN5O2/c1-4-6-21-15(18-19-20-21)17-10-11-8-12(16)14(23-7-5-2)13(9-11)22-3/h5,8-9H,2,4,6-7,10H2,1,3H3,(H,17,18,20). The Labute approximate surface area is 140 Å². The highest BCUT2D eigenvalue weighted by Gasteiger charge is 2.12. The molecule has 0 fully saturated rings. The number of nitrogens with zero attached hydrogens (tertiary/aromatic N) is 4. The number of anilines is 1. The molecule has 1 aromatic carbocycles. The lowest BCUT2D eigenvalue weighted by molar-refractivity contribution is 0.326. The number of hydrogen-bond donors (Lipinski definition) is 1. The first kappa shape index (κ1) is 17.1. The predicted octanol–water partition coefficient (Wildman–Crippen LogP) is 2.92. The molecule has 0 aliphatic carbocycles. The summed E-state index contributed by atoms with van der Waals surface area (Å²) in [5.41, 5.74) is 0.934. The van der Waals surface area contributed by atoms with E-state index in [0.29, 0.717) is 35.6 Å². The zero-order valence-electron chi connectivity index (χ0n) is 13.3. The van der Waals surface area contributed by atoms with Crippen LogP contribution in [-0.4, -0.2) is 33.9 Å². The number of halogens is 1. The fourth-order valence-corrected chi connectivity index (χ4v) is 2.32. The zero-order valence-corrected chi connectivity index (χ0v) is 14.0. The van der Waals surface area contributed by atoms with E-state index in [1.54, 1.807) is 17.9 Å². The Balaban J connectivity index is 2.12. The van der Waals surface area contributed by atoms with Gasteiger partial charge < -0.3 is 14.8 Å². The summed E-state index contributed by atoms with van der Waals surface area (Å²) in [6.07, 6.45) is 2.60. The summed E-state index contributed by atoms with van der Waals surface area (Å²) in [6, 6.07) is 3.69. The van der Waals surface area contributed by atoms with Crippen LogP contribution in [0.4, 0.5) is 5.95 Å². The summed E-state index contributed by atoms with van der Waals surface area (Å²) in [5, 5.41) is 15.2. The molecule has 1 aromatic heterocycles. The molecule has 1 heterocycles. The van der Waals surface area contributed by atoms with Gasteiger partial charge in [0.1, 0.15) is 6.61 Å². The molecule has 124 valence electrons. The van der Waals surface area contributed by atoms with Crippen molar-refractivity contribution in [2.24, 2.45) is 0 Å². The van der Waals surface area contributed by atoms with E-state index in [0.717, 1.165) is 18.5 Å². The summed E-state index contributed by atoms with van der Waals surface area (Å²) >= 11 is 6.28. The van der Waals surface area contributed by atoms with Gasteiger partial charge in [-0.25, -0.2) is 4.68 Å². The van der Waals surface area contributed by atoms with E-state index in [-0.39, 0.29) is 0 Å². The van der Waals surface area contributed by atoms with Crippen LogP contribution in [0.15, 0.2) is 24.8 Å². The van der Waals surface area contributed by atoms with Crippen molar-refractivity contribution < 1.29 is 9.47 Å². The molecule has 0 amide bonds. The molecule has 0 aliphatic heterocycles. The molecule has 2 aromatic rings. The Bertz CT molecular complexity index is 659. The Hall–Kier alpha value is -2.28. The first-order chi connectivity index (χ1) is 11.2.